The van der Waals surface area contributed by atoms with Crippen LogP contribution in [-0.4, -0.2) is 70.9 Å². The molecule has 1 aromatic rings. The molecule has 0 saturated carbocycles. The van der Waals surface area contributed by atoms with Gasteiger partial charge in [0.15, 0.2) is 0 Å². The molecule has 11 heteroatoms. The van der Waals surface area contributed by atoms with Crippen LogP contribution in [0.4, 0.5) is 0 Å². The monoisotopic (exact) mass is 437 g/mol. The van der Waals surface area contributed by atoms with Crippen LogP contribution in [0.2, 0.25) is 5.02 Å². The molecule has 0 aromatic heterocycles. The maximum atomic E-state index is 12.3. The summed E-state index contributed by atoms with van der Waals surface area (Å²) < 4.78 is 51.3. The Bertz CT molecular complexity index is 881. The molecule has 0 radical (unpaired) electrons. The van der Waals surface area contributed by atoms with E-state index in [1.807, 2.05) is 0 Å². The molecule has 152 valence electrons. The SMILES string of the molecule is CN(C1CCN(C(=O)CCNS(=O)(=O)c2cccc(Cl)c2)CC1)S(C)(=O)=O. The van der Waals surface area contributed by atoms with Crippen LogP contribution in [0.15, 0.2) is 29.2 Å². The van der Waals surface area contributed by atoms with Crippen molar-refractivity contribution in [1.82, 2.24) is 13.9 Å². The summed E-state index contributed by atoms with van der Waals surface area (Å²) in [5.41, 5.74) is 0. The summed E-state index contributed by atoms with van der Waals surface area (Å²) >= 11 is 5.80. The van der Waals surface area contributed by atoms with Crippen LogP contribution in [0.1, 0.15) is 19.3 Å². The zero-order valence-electron chi connectivity index (χ0n) is 15.3. The standard InChI is InChI=1S/C16H24ClN3O5S2/c1-19(26(2,22)23)14-7-10-20(11-8-14)16(21)6-9-18-27(24,25)15-5-3-4-13(17)12-15/h3-5,12,14,18H,6-11H2,1-2H3. The number of hydrogen-bond donors (Lipinski definition) is 1. The molecule has 1 aromatic carbocycles. The van der Waals surface area contributed by atoms with Gasteiger partial charge in [-0.1, -0.05) is 17.7 Å². The molecule has 2 rings (SSSR count). The summed E-state index contributed by atoms with van der Waals surface area (Å²) in [4.78, 5) is 14.0. The zero-order chi connectivity index (χ0) is 20.2. The van der Waals surface area contributed by atoms with Crippen LogP contribution in [0.3, 0.4) is 0 Å². The van der Waals surface area contributed by atoms with Gasteiger partial charge in [0.05, 0.1) is 11.2 Å². The normalized spacial score (nSPS) is 16.7. The molecule has 8 nitrogen and oxygen atoms in total. The van der Waals surface area contributed by atoms with Gasteiger partial charge < -0.3 is 4.90 Å². The molecule has 0 unspecified atom stereocenters. The summed E-state index contributed by atoms with van der Waals surface area (Å²) in [5, 5.41) is 0.316. The zero-order valence-corrected chi connectivity index (χ0v) is 17.6. The van der Waals surface area contributed by atoms with Crippen LogP contribution in [-0.2, 0) is 24.8 Å². The van der Waals surface area contributed by atoms with Gasteiger partial charge >= 0.3 is 0 Å². The van der Waals surface area contributed by atoms with E-state index in [9.17, 15) is 21.6 Å². The van der Waals surface area contributed by atoms with Crippen molar-refractivity contribution in [1.29, 1.82) is 0 Å². The van der Waals surface area contributed by atoms with Crippen LogP contribution in [0.25, 0.3) is 0 Å². The van der Waals surface area contributed by atoms with E-state index >= 15 is 0 Å². The first-order valence-electron chi connectivity index (χ1n) is 8.47. The highest BCUT2D eigenvalue weighted by Gasteiger charge is 2.29. The average Bonchev–Trinajstić information content (AvgIpc) is 2.60. The van der Waals surface area contributed by atoms with Crippen LogP contribution in [0.5, 0.6) is 0 Å². The summed E-state index contributed by atoms with van der Waals surface area (Å²) in [5.74, 6) is -0.163. The quantitative estimate of drug-likeness (QED) is 0.682. The number of halogens is 1. The van der Waals surface area contributed by atoms with Crippen molar-refractivity contribution in [2.24, 2.45) is 0 Å². The van der Waals surface area contributed by atoms with Crippen molar-refractivity contribution in [3.63, 3.8) is 0 Å². The van der Waals surface area contributed by atoms with Crippen molar-refractivity contribution < 1.29 is 21.6 Å². The second-order valence-corrected chi connectivity index (χ2v) is 10.7. The first-order valence-corrected chi connectivity index (χ1v) is 12.2. The average molecular weight is 438 g/mol. The first-order chi connectivity index (χ1) is 12.5. The number of likely N-dealkylation sites (tertiary alicyclic amines) is 1. The maximum Gasteiger partial charge on any atom is 0.240 e. The number of benzene rings is 1. The van der Waals surface area contributed by atoms with Gasteiger partial charge in [0.1, 0.15) is 0 Å². The topological polar surface area (TPSA) is 104 Å². The fourth-order valence-corrected chi connectivity index (χ4v) is 5.00. The molecular weight excluding hydrogens is 414 g/mol. The Morgan fingerprint density at radius 2 is 1.89 bits per heavy atom. The van der Waals surface area contributed by atoms with E-state index in [0.717, 1.165) is 6.26 Å². The predicted octanol–water partition coefficient (Wildman–Crippen LogP) is 0.891. The summed E-state index contributed by atoms with van der Waals surface area (Å²) in [7, 11) is -5.44. The third-order valence-electron chi connectivity index (χ3n) is 4.59. The van der Waals surface area contributed by atoms with Gasteiger partial charge in [-0.15, -0.1) is 0 Å². The number of sulfonamides is 2. The minimum atomic E-state index is -3.72. The van der Waals surface area contributed by atoms with Gasteiger partial charge in [0, 0.05) is 44.2 Å². The van der Waals surface area contributed by atoms with Gasteiger partial charge in [0.2, 0.25) is 26.0 Å². The number of carbonyl (C=O) groups is 1. The number of rotatable bonds is 7. The van der Waals surface area contributed by atoms with E-state index < -0.39 is 20.0 Å². The molecule has 1 N–H and O–H groups in total. The van der Waals surface area contributed by atoms with Gasteiger partial charge in [-0.2, -0.15) is 0 Å². The molecule has 1 aliphatic heterocycles. The van der Waals surface area contributed by atoms with Gasteiger partial charge in [-0.05, 0) is 31.0 Å². The van der Waals surface area contributed by atoms with Crippen LogP contribution in [0, 0.1) is 0 Å². The third kappa shape index (κ3) is 6.15. The largest absolute Gasteiger partial charge is 0.343 e. The number of nitrogens with zero attached hydrogens (tertiary/aromatic N) is 2. The lowest BCUT2D eigenvalue weighted by Crippen LogP contribution is -2.47. The van der Waals surface area contributed by atoms with E-state index in [1.165, 1.54) is 16.4 Å². The first kappa shape index (κ1) is 22.1. The molecule has 1 amide bonds. The number of nitrogens with one attached hydrogen (secondary N) is 1. The van der Waals surface area contributed by atoms with Crippen molar-refractivity contribution in [3.8, 4) is 0 Å². The molecule has 0 atom stereocenters. The van der Waals surface area contributed by atoms with Crippen molar-refractivity contribution in [2.45, 2.75) is 30.2 Å². The smallest absolute Gasteiger partial charge is 0.240 e. The van der Waals surface area contributed by atoms with Gasteiger partial charge in [0.25, 0.3) is 0 Å². The van der Waals surface area contributed by atoms with E-state index in [0.29, 0.717) is 31.0 Å². The van der Waals surface area contributed by atoms with Crippen molar-refractivity contribution >= 4 is 37.6 Å². The molecule has 0 bridgehead atoms. The molecular formula is C16H24ClN3O5S2. The van der Waals surface area contributed by atoms with Gasteiger partial charge in [-0.25, -0.2) is 25.9 Å². The lowest BCUT2D eigenvalue weighted by Gasteiger charge is -2.35. The second-order valence-electron chi connectivity index (χ2n) is 6.50. The van der Waals surface area contributed by atoms with E-state index in [2.05, 4.69) is 4.72 Å². The fourth-order valence-electron chi connectivity index (χ4n) is 2.92. The Morgan fingerprint density at radius 1 is 1.26 bits per heavy atom. The van der Waals surface area contributed by atoms with Gasteiger partial charge in [-0.3, -0.25) is 4.79 Å². The lowest BCUT2D eigenvalue weighted by molar-refractivity contribution is -0.132. The maximum absolute atomic E-state index is 12.3. The van der Waals surface area contributed by atoms with E-state index in [4.69, 9.17) is 11.6 Å². The highest BCUT2D eigenvalue weighted by molar-refractivity contribution is 7.89. The Morgan fingerprint density at radius 3 is 2.44 bits per heavy atom. The number of carbonyl (C=O) groups excluding carboxylic acids is 1. The predicted molar refractivity (Wildman–Crippen MR) is 103 cm³/mol. The van der Waals surface area contributed by atoms with E-state index in [1.54, 1.807) is 24.1 Å². The number of amides is 1. The van der Waals surface area contributed by atoms with Crippen LogP contribution >= 0.6 is 11.6 Å². The van der Waals surface area contributed by atoms with E-state index in [-0.39, 0.29) is 29.8 Å². The summed E-state index contributed by atoms with van der Waals surface area (Å²) in [6.45, 7) is 0.881. The lowest BCUT2D eigenvalue weighted by atomic mass is 10.1. The Kier molecular flexibility index (Phi) is 7.26. The summed E-state index contributed by atoms with van der Waals surface area (Å²) in [6.07, 6.45) is 2.32. The number of piperidine rings is 1. The molecule has 27 heavy (non-hydrogen) atoms. The summed E-state index contributed by atoms with van der Waals surface area (Å²) in [6, 6.07) is 5.77. The number of hydrogen-bond acceptors (Lipinski definition) is 5. The molecule has 1 saturated heterocycles. The molecule has 1 fully saturated rings. The highest BCUT2D eigenvalue weighted by atomic mass is 35.5. The molecule has 0 aliphatic carbocycles. The Hall–Kier alpha value is -1.20. The highest BCUT2D eigenvalue weighted by Crippen LogP contribution is 2.18. The third-order valence-corrected chi connectivity index (χ3v) is 7.63. The molecule has 1 heterocycles. The minimum Gasteiger partial charge on any atom is -0.343 e. The van der Waals surface area contributed by atoms with Crippen molar-refractivity contribution in [3.05, 3.63) is 29.3 Å². The molecule has 0 spiro atoms. The molecule has 1 aliphatic rings. The Balaban J connectivity index is 1.82. The minimum absolute atomic E-state index is 0.0170. The van der Waals surface area contributed by atoms with Crippen LogP contribution < -0.4 is 4.72 Å². The fraction of sp³-hybridized carbons (Fsp3) is 0.562. The second kappa shape index (κ2) is 8.87. The Labute approximate surface area is 165 Å². The van der Waals surface area contributed by atoms with Crippen molar-refractivity contribution in [2.75, 3.05) is 32.9 Å².